The SMILES string of the molecule is C=C(F)/C=C\C(=C/C)c1cc2c(cc1C=C(C#N)C#N)-c1ccc(F)cc1C2=C(C#N)C#N. The van der Waals surface area contributed by atoms with E-state index >= 15 is 0 Å². The summed E-state index contributed by atoms with van der Waals surface area (Å²) in [5.74, 6) is -1.19. The predicted octanol–water partition coefficient (Wildman–Crippen LogP) is 6.53. The van der Waals surface area contributed by atoms with Crippen molar-refractivity contribution in [2.45, 2.75) is 6.92 Å². The zero-order valence-electron chi connectivity index (χ0n) is 17.4. The maximum atomic E-state index is 14.1. The van der Waals surface area contributed by atoms with Gasteiger partial charge in [-0.2, -0.15) is 21.0 Å². The van der Waals surface area contributed by atoms with E-state index in [4.69, 9.17) is 0 Å². The second-order valence-corrected chi connectivity index (χ2v) is 6.95. The molecule has 1 aliphatic rings. The Morgan fingerprint density at radius 3 is 2.12 bits per heavy atom. The zero-order valence-corrected chi connectivity index (χ0v) is 17.4. The molecule has 0 atom stereocenters. The van der Waals surface area contributed by atoms with Gasteiger partial charge in [-0.1, -0.05) is 24.8 Å². The summed E-state index contributed by atoms with van der Waals surface area (Å²) in [6.45, 7) is 4.94. The van der Waals surface area contributed by atoms with Crippen LogP contribution in [0.25, 0.3) is 28.3 Å². The summed E-state index contributed by atoms with van der Waals surface area (Å²) in [6.07, 6.45) is 5.76. The van der Waals surface area contributed by atoms with Gasteiger partial charge in [0.25, 0.3) is 0 Å². The molecule has 2 aromatic carbocycles. The van der Waals surface area contributed by atoms with Crippen molar-refractivity contribution in [2.24, 2.45) is 0 Å². The van der Waals surface area contributed by atoms with E-state index in [0.29, 0.717) is 39.0 Å². The molecule has 0 radical (unpaired) electrons. The van der Waals surface area contributed by atoms with E-state index in [0.717, 1.165) is 0 Å². The van der Waals surface area contributed by atoms with Gasteiger partial charge in [-0.3, -0.25) is 0 Å². The van der Waals surface area contributed by atoms with Gasteiger partial charge in [0.2, 0.25) is 0 Å². The van der Waals surface area contributed by atoms with Crippen LogP contribution in [0, 0.1) is 51.1 Å². The lowest BCUT2D eigenvalue weighted by atomic mass is 9.90. The van der Waals surface area contributed by atoms with Crippen LogP contribution in [-0.2, 0) is 0 Å². The smallest absolute Gasteiger partial charge is 0.138 e. The van der Waals surface area contributed by atoms with Gasteiger partial charge in [0.15, 0.2) is 0 Å². The Kier molecular flexibility index (Phi) is 6.45. The number of allylic oxidation sites excluding steroid dienone is 7. The largest absolute Gasteiger partial charge is 0.208 e. The minimum Gasteiger partial charge on any atom is -0.208 e. The van der Waals surface area contributed by atoms with E-state index in [1.165, 1.54) is 30.4 Å². The summed E-state index contributed by atoms with van der Waals surface area (Å²) in [5, 5.41) is 37.6. The van der Waals surface area contributed by atoms with Gasteiger partial charge >= 0.3 is 0 Å². The molecule has 33 heavy (non-hydrogen) atoms. The fraction of sp³-hybridized carbons (Fsp3) is 0.0370. The van der Waals surface area contributed by atoms with E-state index in [1.807, 2.05) is 24.3 Å². The van der Waals surface area contributed by atoms with Gasteiger partial charge in [-0.25, -0.2) is 8.78 Å². The minimum atomic E-state index is -0.665. The summed E-state index contributed by atoms with van der Waals surface area (Å²) in [7, 11) is 0. The van der Waals surface area contributed by atoms with Crippen LogP contribution in [0.1, 0.15) is 29.2 Å². The number of nitriles is 4. The number of fused-ring (bicyclic) bond motifs is 3. The van der Waals surface area contributed by atoms with Crippen LogP contribution in [0.3, 0.4) is 0 Å². The van der Waals surface area contributed by atoms with Gasteiger partial charge < -0.3 is 0 Å². The first-order chi connectivity index (χ1) is 15.9. The van der Waals surface area contributed by atoms with Gasteiger partial charge in [0, 0.05) is 5.57 Å². The number of halogens is 2. The highest BCUT2D eigenvalue weighted by atomic mass is 19.1. The van der Waals surface area contributed by atoms with Crippen LogP contribution in [0.15, 0.2) is 72.1 Å². The summed E-state index contributed by atoms with van der Waals surface area (Å²) in [4.78, 5) is 0. The van der Waals surface area contributed by atoms with Crippen LogP contribution in [0.5, 0.6) is 0 Å². The molecule has 1 aliphatic carbocycles. The molecule has 0 aromatic heterocycles. The van der Waals surface area contributed by atoms with Gasteiger partial charge in [-0.05, 0) is 82.3 Å². The van der Waals surface area contributed by atoms with Crippen molar-refractivity contribution in [3.63, 3.8) is 0 Å². The molecule has 0 spiro atoms. The van der Waals surface area contributed by atoms with E-state index in [2.05, 4.69) is 6.58 Å². The first kappa shape index (κ1) is 22.6. The molecule has 0 unspecified atom stereocenters. The summed E-state index contributed by atoms with van der Waals surface area (Å²) >= 11 is 0. The van der Waals surface area contributed by atoms with Crippen molar-refractivity contribution in [3.05, 3.63) is 100 Å². The zero-order chi connectivity index (χ0) is 24.1. The van der Waals surface area contributed by atoms with Crippen LogP contribution < -0.4 is 0 Å². The van der Waals surface area contributed by atoms with E-state index in [-0.39, 0.29) is 16.7 Å². The second kappa shape index (κ2) is 9.40. The van der Waals surface area contributed by atoms with Crippen molar-refractivity contribution in [1.82, 2.24) is 0 Å². The topological polar surface area (TPSA) is 95.2 Å². The fourth-order valence-electron chi connectivity index (χ4n) is 3.69. The standard InChI is InChI=1S/C27H14F2N4/c1-3-18(5-4-16(2)28)23-11-26-24(9-19(23)8-17(12-30)13-31)22-7-6-21(29)10-25(22)27(26)20(14-32)15-33/h3-11H,2H2,1H3/b5-4-,18-3+. The molecule has 0 amide bonds. The maximum Gasteiger partial charge on any atom is 0.138 e. The highest BCUT2D eigenvalue weighted by Crippen LogP contribution is 2.48. The maximum absolute atomic E-state index is 14.1. The van der Waals surface area contributed by atoms with Crippen molar-refractivity contribution < 1.29 is 8.78 Å². The molecular formula is C27H14F2N4. The van der Waals surface area contributed by atoms with Crippen molar-refractivity contribution in [2.75, 3.05) is 0 Å². The highest BCUT2D eigenvalue weighted by molar-refractivity contribution is 6.05. The number of rotatable bonds is 4. The average molecular weight is 432 g/mol. The lowest BCUT2D eigenvalue weighted by Gasteiger charge is -2.12. The van der Waals surface area contributed by atoms with Crippen molar-refractivity contribution in [3.8, 4) is 35.4 Å². The number of hydrogen-bond acceptors (Lipinski definition) is 4. The molecule has 0 heterocycles. The van der Waals surface area contributed by atoms with E-state index in [9.17, 15) is 29.8 Å². The number of nitrogens with zero attached hydrogens (tertiary/aromatic N) is 4. The molecule has 0 N–H and O–H groups in total. The van der Waals surface area contributed by atoms with Gasteiger partial charge in [-0.15, -0.1) is 0 Å². The Labute approximate surface area is 189 Å². The highest BCUT2D eigenvalue weighted by Gasteiger charge is 2.28. The Hall–Kier alpha value is -5.04. The molecule has 156 valence electrons. The Morgan fingerprint density at radius 2 is 1.55 bits per heavy atom. The van der Waals surface area contributed by atoms with E-state index < -0.39 is 11.6 Å². The van der Waals surface area contributed by atoms with Crippen LogP contribution in [0.4, 0.5) is 8.78 Å². The minimum absolute atomic E-state index is 0.145. The molecule has 3 rings (SSSR count). The third-order valence-corrected chi connectivity index (χ3v) is 5.08. The molecular weight excluding hydrogens is 418 g/mol. The molecule has 0 bridgehead atoms. The van der Waals surface area contributed by atoms with Crippen molar-refractivity contribution in [1.29, 1.82) is 21.0 Å². The van der Waals surface area contributed by atoms with Gasteiger partial charge in [0.1, 0.15) is 47.1 Å². The molecule has 6 heteroatoms. The van der Waals surface area contributed by atoms with Crippen LogP contribution in [-0.4, -0.2) is 0 Å². The molecule has 0 saturated carbocycles. The normalized spacial score (nSPS) is 11.5. The van der Waals surface area contributed by atoms with Crippen LogP contribution >= 0.6 is 0 Å². The van der Waals surface area contributed by atoms with E-state index in [1.54, 1.807) is 31.2 Å². The lowest BCUT2D eigenvalue weighted by molar-refractivity contribution is 0.627. The summed E-state index contributed by atoms with van der Waals surface area (Å²) in [5.41, 5.74) is 3.66. The van der Waals surface area contributed by atoms with Crippen molar-refractivity contribution >= 4 is 17.2 Å². The third kappa shape index (κ3) is 4.24. The Bertz CT molecular complexity index is 1460. The summed E-state index contributed by atoms with van der Waals surface area (Å²) < 4.78 is 27.4. The first-order valence-electron chi connectivity index (χ1n) is 9.62. The third-order valence-electron chi connectivity index (χ3n) is 5.08. The predicted molar refractivity (Wildman–Crippen MR) is 121 cm³/mol. The average Bonchev–Trinajstić information content (AvgIpc) is 3.10. The molecule has 4 nitrogen and oxygen atoms in total. The monoisotopic (exact) mass is 432 g/mol. The quantitative estimate of drug-likeness (QED) is 0.346. The molecule has 0 fully saturated rings. The molecule has 0 saturated heterocycles. The van der Waals surface area contributed by atoms with Crippen LogP contribution in [0.2, 0.25) is 0 Å². The van der Waals surface area contributed by atoms with Gasteiger partial charge in [0.05, 0.1) is 0 Å². The molecule has 0 aliphatic heterocycles. The lowest BCUT2D eigenvalue weighted by Crippen LogP contribution is -1.94. The second-order valence-electron chi connectivity index (χ2n) is 6.95. The summed E-state index contributed by atoms with van der Waals surface area (Å²) in [6, 6.07) is 14.9. The fourth-order valence-corrected chi connectivity index (χ4v) is 3.69. The Balaban J connectivity index is 2.47. The first-order valence-corrected chi connectivity index (χ1v) is 9.62. The molecule has 2 aromatic rings. The number of hydrogen-bond donors (Lipinski definition) is 0. The number of benzene rings is 2. The Morgan fingerprint density at radius 1 is 0.879 bits per heavy atom.